The van der Waals surface area contributed by atoms with Gasteiger partial charge in [-0.25, -0.2) is 4.79 Å². The second kappa shape index (κ2) is 6.07. The zero-order chi connectivity index (χ0) is 14.6. The Bertz CT molecular complexity index is 478. The van der Waals surface area contributed by atoms with Crippen LogP contribution < -0.4 is 5.32 Å². The number of rotatable bonds is 5. The third-order valence-electron chi connectivity index (χ3n) is 4.23. The summed E-state index contributed by atoms with van der Waals surface area (Å²) in [5.74, 6) is -1.11. The van der Waals surface area contributed by atoms with Crippen molar-refractivity contribution in [2.45, 2.75) is 50.5 Å². The quantitative estimate of drug-likeness (QED) is 0.867. The maximum absolute atomic E-state index is 12.7. The summed E-state index contributed by atoms with van der Waals surface area (Å²) in [5.41, 5.74) is 0.444. The lowest BCUT2D eigenvalue weighted by atomic mass is 9.78. The van der Waals surface area contributed by atoms with Crippen LogP contribution in [0.5, 0.6) is 0 Å². The van der Waals surface area contributed by atoms with E-state index in [1.165, 1.54) is 0 Å². The number of hydrogen-bond acceptors (Lipinski definition) is 2. The maximum Gasteiger partial charge on any atom is 0.326 e. The molecule has 0 aromatic heterocycles. The molecule has 1 aliphatic carbocycles. The summed E-state index contributed by atoms with van der Waals surface area (Å²) in [7, 11) is 0. The van der Waals surface area contributed by atoms with Gasteiger partial charge in [-0.1, -0.05) is 50.1 Å². The number of aliphatic carboxylic acids is 1. The van der Waals surface area contributed by atoms with Crippen LogP contribution in [0.3, 0.4) is 0 Å². The highest BCUT2D eigenvalue weighted by Gasteiger charge is 2.43. The molecule has 2 rings (SSSR count). The van der Waals surface area contributed by atoms with Crippen LogP contribution in [0.1, 0.15) is 44.6 Å². The predicted octanol–water partition coefficient (Wildman–Crippen LogP) is 2.48. The van der Waals surface area contributed by atoms with Crippen molar-refractivity contribution in [3.8, 4) is 0 Å². The molecule has 1 amide bonds. The highest BCUT2D eigenvalue weighted by molar-refractivity contribution is 5.91. The van der Waals surface area contributed by atoms with Crippen molar-refractivity contribution in [2.24, 2.45) is 0 Å². The highest BCUT2D eigenvalue weighted by Crippen LogP contribution is 2.41. The van der Waals surface area contributed by atoms with Crippen molar-refractivity contribution in [1.82, 2.24) is 5.32 Å². The fourth-order valence-electron chi connectivity index (χ4n) is 3.02. The molecular formula is C16H21NO3. The molecule has 1 aromatic rings. The van der Waals surface area contributed by atoms with Gasteiger partial charge >= 0.3 is 5.97 Å². The van der Waals surface area contributed by atoms with Gasteiger partial charge in [0.15, 0.2) is 0 Å². The first-order valence-electron chi connectivity index (χ1n) is 7.19. The number of benzene rings is 1. The topological polar surface area (TPSA) is 66.4 Å². The van der Waals surface area contributed by atoms with Crippen LogP contribution >= 0.6 is 0 Å². The minimum atomic E-state index is -0.970. The van der Waals surface area contributed by atoms with Gasteiger partial charge in [-0.3, -0.25) is 4.79 Å². The normalized spacial score (nSPS) is 18.4. The molecule has 20 heavy (non-hydrogen) atoms. The van der Waals surface area contributed by atoms with Crippen LogP contribution in [0.25, 0.3) is 0 Å². The molecule has 108 valence electrons. The fourth-order valence-corrected chi connectivity index (χ4v) is 3.02. The van der Waals surface area contributed by atoms with Crippen LogP contribution in [0.4, 0.5) is 0 Å². The fraction of sp³-hybridized carbons (Fsp3) is 0.500. The number of carbonyl (C=O) groups excluding carboxylic acids is 1. The first-order chi connectivity index (χ1) is 9.60. The number of carbonyl (C=O) groups is 2. The van der Waals surface area contributed by atoms with E-state index in [9.17, 15) is 9.59 Å². The molecule has 0 saturated heterocycles. The summed E-state index contributed by atoms with van der Waals surface area (Å²) in [5, 5.41) is 11.8. The lowest BCUT2D eigenvalue weighted by molar-refractivity contribution is -0.142. The Balaban J connectivity index is 2.25. The number of nitrogens with one attached hydrogen (secondary N) is 1. The average molecular weight is 275 g/mol. The second-order valence-corrected chi connectivity index (χ2v) is 5.43. The minimum absolute atomic E-state index is 0.143. The van der Waals surface area contributed by atoms with E-state index in [0.717, 1.165) is 31.2 Å². The van der Waals surface area contributed by atoms with Gasteiger partial charge in [0.1, 0.15) is 6.04 Å². The molecule has 1 aromatic carbocycles. The molecule has 0 spiro atoms. The third-order valence-corrected chi connectivity index (χ3v) is 4.23. The molecule has 4 nitrogen and oxygen atoms in total. The van der Waals surface area contributed by atoms with E-state index in [2.05, 4.69) is 5.32 Å². The summed E-state index contributed by atoms with van der Waals surface area (Å²) in [6.45, 7) is 1.77. The van der Waals surface area contributed by atoms with Gasteiger partial charge < -0.3 is 10.4 Å². The maximum atomic E-state index is 12.7. The molecule has 0 heterocycles. The largest absolute Gasteiger partial charge is 0.480 e. The molecule has 1 saturated carbocycles. The summed E-state index contributed by atoms with van der Waals surface area (Å²) in [6.07, 6.45) is 3.99. The number of carboxylic acid groups (broad SMARTS) is 1. The van der Waals surface area contributed by atoms with Crippen molar-refractivity contribution in [3.05, 3.63) is 35.9 Å². The molecular weight excluding hydrogens is 254 g/mol. The van der Waals surface area contributed by atoms with Crippen LogP contribution in [-0.4, -0.2) is 23.0 Å². The Morgan fingerprint density at radius 3 is 2.35 bits per heavy atom. The van der Waals surface area contributed by atoms with Crippen molar-refractivity contribution >= 4 is 11.9 Å². The molecule has 2 N–H and O–H groups in total. The first kappa shape index (κ1) is 14.6. The van der Waals surface area contributed by atoms with Crippen LogP contribution in [-0.2, 0) is 15.0 Å². The Labute approximate surface area is 119 Å². The Hall–Kier alpha value is -1.84. The van der Waals surface area contributed by atoms with E-state index in [4.69, 9.17) is 5.11 Å². The van der Waals surface area contributed by atoms with E-state index in [0.29, 0.717) is 6.42 Å². The number of carboxylic acids is 1. The van der Waals surface area contributed by atoms with E-state index < -0.39 is 17.4 Å². The van der Waals surface area contributed by atoms with Gasteiger partial charge in [-0.05, 0) is 24.8 Å². The average Bonchev–Trinajstić information content (AvgIpc) is 2.96. The van der Waals surface area contributed by atoms with Crippen LogP contribution in [0.2, 0.25) is 0 Å². The highest BCUT2D eigenvalue weighted by atomic mass is 16.4. The Morgan fingerprint density at radius 2 is 1.85 bits per heavy atom. The monoisotopic (exact) mass is 275 g/mol. The number of hydrogen-bond donors (Lipinski definition) is 2. The standard InChI is InChI=1S/C16H21NO3/c1-2-13(14(18)19)17-15(20)16(10-6-7-11-16)12-8-4-3-5-9-12/h3-5,8-9,13H,2,6-7,10-11H2,1H3,(H,17,20)(H,18,19)/t13-/m1/s1. The molecule has 1 atom stereocenters. The third kappa shape index (κ3) is 2.69. The Kier molecular flexibility index (Phi) is 4.42. The molecule has 1 aliphatic rings. The van der Waals surface area contributed by atoms with Gasteiger partial charge in [0.05, 0.1) is 5.41 Å². The minimum Gasteiger partial charge on any atom is -0.480 e. The van der Waals surface area contributed by atoms with Crippen LogP contribution in [0.15, 0.2) is 30.3 Å². The second-order valence-electron chi connectivity index (χ2n) is 5.43. The molecule has 1 fully saturated rings. The summed E-state index contributed by atoms with van der Waals surface area (Å²) < 4.78 is 0. The lowest BCUT2D eigenvalue weighted by Gasteiger charge is -2.29. The lowest BCUT2D eigenvalue weighted by Crippen LogP contribution is -2.49. The van der Waals surface area contributed by atoms with Crippen molar-refractivity contribution in [3.63, 3.8) is 0 Å². The Morgan fingerprint density at radius 1 is 1.25 bits per heavy atom. The summed E-state index contributed by atoms with van der Waals surface area (Å²) in [4.78, 5) is 23.8. The summed E-state index contributed by atoms with van der Waals surface area (Å²) in [6, 6.07) is 8.91. The van der Waals surface area contributed by atoms with Gasteiger partial charge in [0.2, 0.25) is 5.91 Å². The van der Waals surface area contributed by atoms with Gasteiger partial charge in [-0.2, -0.15) is 0 Å². The van der Waals surface area contributed by atoms with Crippen molar-refractivity contribution in [2.75, 3.05) is 0 Å². The zero-order valence-corrected chi connectivity index (χ0v) is 11.8. The van der Waals surface area contributed by atoms with Gasteiger partial charge in [0.25, 0.3) is 0 Å². The molecule has 0 unspecified atom stereocenters. The summed E-state index contributed by atoms with van der Waals surface area (Å²) >= 11 is 0. The van der Waals surface area contributed by atoms with E-state index in [-0.39, 0.29) is 5.91 Å². The van der Waals surface area contributed by atoms with Gasteiger partial charge in [-0.15, -0.1) is 0 Å². The van der Waals surface area contributed by atoms with Gasteiger partial charge in [0, 0.05) is 0 Å². The molecule has 4 heteroatoms. The SMILES string of the molecule is CC[C@@H](NC(=O)C1(c2ccccc2)CCCC1)C(=O)O. The number of amides is 1. The van der Waals surface area contributed by atoms with Crippen LogP contribution in [0, 0.1) is 0 Å². The molecule has 0 bridgehead atoms. The van der Waals surface area contributed by atoms with Crippen molar-refractivity contribution in [1.29, 1.82) is 0 Å². The first-order valence-corrected chi connectivity index (χ1v) is 7.19. The van der Waals surface area contributed by atoms with E-state index in [1.54, 1.807) is 6.92 Å². The van der Waals surface area contributed by atoms with Crippen molar-refractivity contribution < 1.29 is 14.7 Å². The zero-order valence-electron chi connectivity index (χ0n) is 11.8. The molecule has 0 radical (unpaired) electrons. The smallest absolute Gasteiger partial charge is 0.326 e. The van der Waals surface area contributed by atoms with E-state index >= 15 is 0 Å². The predicted molar refractivity (Wildman–Crippen MR) is 76.4 cm³/mol. The molecule has 0 aliphatic heterocycles. The van der Waals surface area contributed by atoms with E-state index in [1.807, 2.05) is 30.3 Å².